The molecule has 0 aromatic carbocycles. The summed E-state index contributed by atoms with van der Waals surface area (Å²) in [6.07, 6.45) is -10.7. The van der Waals surface area contributed by atoms with Crippen molar-refractivity contribution in [3.8, 4) is 0 Å². The first-order valence-electron chi connectivity index (χ1n) is 3.14. The van der Waals surface area contributed by atoms with Crippen molar-refractivity contribution >= 4 is 53.8 Å². The summed E-state index contributed by atoms with van der Waals surface area (Å²) >= 11 is 0. The molecule has 0 atom stereocenters. The Labute approximate surface area is 284 Å². The van der Waals surface area contributed by atoms with Crippen LogP contribution in [-0.4, -0.2) is 74.3 Å². The molecule has 0 aliphatic rings. The number of carboxylic acid groups (broad SMARTS) is 10. The van der Waals surface area contributed by atoms with Crippen LogP contribution in [0.3, 0.4) is 0 Å². The van der Waals surface area contributed by atoms with Crippen molar-refractivity contribution in [2.45, 2.75) is 0 Å². The van der Waals surface area contributed by atoms with Crippen LogP contribution in [0, 0.1) is 0 Å². The maximum atomic E-state index is 8.56. The minimum absolute atomic E-state index is 0. The molecule has 0 saturated carbocycles. The predicted octanol–water partition coefficient (Wildman–Crippen LogP) is -19.3. The van der Waals surface area contributed by atoms with Gasteiger partial charge >= 0.3 is 191 Å². The monoisotopic (exact) mass is 452 g/mol. The summed E-state index contributed by atoms with van der Waals surface area (Å²) in [5.74, 6) is 0. The van der Waals surface area contributed by atoms with Crippen molar-refractivity contribution in [3.05, 3.63) is 0 Å². The summed E-state index contributed by atoms with van der Waals surface area (Å²) in [6.45, 7) is 0. The number of hydrogen-bond acceptors (Lipinski definition) is 11. The molecule has 25 heavy (non-hydrogen) atoms. The van der Waals surface area contributed by atoms with Gasteiger partial charge < -0.3 is 70.2 Å². The zero-order chi connectivity index (χ0) is 17.9. The Morgan fingerprint density at radius 1 is 0.520 bits per heavy atom. The van der Waals surface area contributed by atoms with Gasteiger partial charge in [-0.05, 0) is 12.3 Å². The molecule has 0 fully saturated rings. The molecule has 0 aliphatic carbocycles. The van der Waals surface area contributed by atoms with E-state index in [1.165, 1.54) is 0 Å². The van der Waals surface area contributed by atoms with E-state index in [0.717, 1.165) is 0 Å². The van der Waals surface area contributed by atoms with E-state index in [-0.39, 0.29) is 185 Å². The molecular weight excluding hydrogens is 449 g/mol. The van der Waals surface area contributed by atoms with Gasteiger partial charge in [0.1, 0.15) is 0 Å². The van der Waals surface area contributed by atoms with Crippen molar-refractivity contribution in [2.24, 2.45) is 0 Å². The Morgan fingerprint density at radius 2 is 0.520 bits per heavy atom. The van der Waals surface area contributed by atoms with Gasteiger partial charge in [-0.15, -0.1) is 0 Å². The van der Waals surface area contributed by atoms with E-state index in [9.17, 15) is 0 Å². The van der Waals surface area contributed by atoms with E-state index in [4.69, 9.17) is 75.0 Å². The summed E-state index contributed by atoms with van der Waals surface area (Å²) in [6, 6.07) is 0. The fourth-order valence-corrected chi connectivity index (χ4v) is 0. The molecular formula is C5H4K2MgNa2O15. The number of carbonyl (C=O) groups excluding carboxylic acids is 2. The van der Waals surface area contributed by atoms with Crippen LogP contribution in [0.4, 0.5) is 24.0 Å². The van der Waals surface area contributed by atoms with Crippen LogP contribution in [-0.2, 0) is 0 Å². The van der Waals surface area contributed by atoms with E-state index in [2.05, 4.69) is 0 Å². The van der Waals surface area contributed by atoms with Crippen LogP contribution in [0.2, 0.25) is 0 Å². The molecule has 15 nitrogen and oxygen atoms in total. The van der Waals surface area contributed by atoms with Crippen LogP contribution < -0.4 is 193 Å². The summed E-state index contributed by atoms with van der Waals surface area (Å²) in [7, 11) is 0. The number of carbonyl (C=O) groups is 5. The molecule has 0 amide bonds. The van der Waals surface area contributed by atoms with E-state index in [1.54, 1.807) is 0 Å². The van der Waals surface area contributed by atoms with Crippen molar-refractivity contribution in [2.75, 3.05) is 0 Å². The molecule has 0 bridgehead atoms. The number of hydrogen-bond donors (Lipinski definition) is 4. The van der Waals surface area contributed by atoms with Gasteiger partial charge in [0.05, 0.1) is 0 Å². The van der Waals surface area contributed by atoms with Gasteiger partial charge in [0, 0.05) is 0 Å². The second-order valence-corrected chi connectivity index (χ2v) is 1.31. The van der Waals surface area contributed by atoms with Crippen molar-refractivity contribution in [3.63, 3.8) is 0 Å². The maximum Gasteiger partial charge on any atom is 2.00 e. The Balaban J connectivity index is -0.0000000134. The van der Waals surface area contributed by atoms with Crippen molar-refractivity contribution in [1.29, 1.82) is 0 Å². The largest absolute Gasteiger partial charge is 2.00 e. The van der Waals surface area contributed by atoms with Crippen molar-refractivity contribution < 1.29 is 237 Å². The molecule has 0 radical (unpaired) electrons. The third kappa shape index (κ3) is 2750. The van der Waals surface area contributed by atoms with Crippen LogP contribution in [0.15, 0.2) is 0 Å². The summed E-state index contributed by atoms with van der Waals surface area (Å²) in [4.78, 5) is 42.1. The Hall–Kier alpha value is 2.39. The van der Waals surface area contributed by atoms with Gasteiger partial charge in [0.25, 0.3) is 0 Å². The summed E-state index contributed by atoms with van der Waals surface area (Å²) in [5.41, 5.74) is 0. The topological polar surface area (TPSA) is 305 Å². The van der Waals surface area contributed by atoms with Crippen LogP contribution in [0.5, 0.6) is 0 Å². The molecule has 0 aliphatic heterocycles. The van der Waals surface area contributed by atoms with Crippen molar-refractivity contribution in [1.82, 2.24) is 0 Å². The van der Waals surface area contributed by atoms with Gasteiger partial charge in [-0.2, -0.15) is 0 Å². The Morgan fingerprint density at radius 3 is 0.520 bits per heavy atom. The third-order valence-electron chi connectivity index (χ3n) is 0. The van der Waals surface area contributed by atoms with Crippen LogP contribution >= 0.6 is 0 Å². The maximum absolute atomic E-state index is 8.56. The molecule has 0 unspecified atom stereocenters. The van der Waals surface area contributed by atoms with E-state index < -0.39 is 30.8 Å². The SMILES string of the molecule is O=C(O)O.O=C([O-])O.O=C([O-])O.O=C([O-])[O-].O=C([O-])[O-].[K+].[K+].[Mg+2].[Na+].[Na+]. The van der Waals surface area contributed by atoms with Gasteiger partial charge in [-0.25, -0.2) is 4.79 Å². The molecule has 4 N–H and O–H groups in total. The smallest absolute Gasteiger partial charge is 0.652 e. The zero-order valence-corrected chi connectivity index (χ0v) is 25.1. The van der Waals surface area contributed by atoms with Crippen LogP contribution in [0.25, 0.3) is 0 Å². The Bertz CT molecular complexity index is 227. The Kier molecular flexibility index (Phi) is 142. The zero-order valence-electron chi connectivity index (χ0n) is 13.5. The molecule has 120 valence electrons. The average molecular weight is 453 g/mol. The van der Waals surface area contributed by atoms with Gasteiger partial charge in [0.2, 0.25) is 12.3 Å². The first-order valence-corrected chi connectivity index (χ1v) is 3.14. The summed E-state index contributed by atoms with van der Waals surface area (Å²) in [5, 5.41) is 77.9. The molecule has 0 saturated heterocycles. The molecule has 0 rings (SSSR count). The quantitative estimate of drug-likeness (QED) is 0.248. The molecule has 0 spiro atoms. The standard InChI is InChI=1S/5CH2O3.2K.Mg.2Na/c5*2-1(3)4;;;;;/h5*(H2,2,3,4);;;;;/q;;;;;2*+1;+2;2*+1/p-6. The second kappa shape index (κ2) is 56.3. The van der Waals surface area contributed by atoms with E-state index >= 15 is 0 Å². The van der Waals surface area contributed by atoms with Gasteiger partial charge in [-0.3, -0.25) is 0 Å². The minimum atomic E-state index is -2.33. The van der Waals surface area contributed by atoms with E-state index in [1.807, 2.05) is 0 Å². The van der Waals surface area contributed by atoms with Gasteiger partial charge in [0.15, 0.2) is 0 Å². The first kappa shape index (κ1) is 63.1. The van der Waals surface area contributed by atoms with Gasteiger partial charge in [-0.1, -0.05) is 0 Å². The molecule has 0 aromatic rings. The normalized spacial score (nSPS) is 4.80. The molecule has 0 aromatic heterocycles. The predicted molar refractivity (Wildman–Crippen MR) is 43.2 cm³/mol. The van der Waals surface area contributed by atoms with Crippen LogP contribution in [0.1, 0.15) is 0 Å². The first-order chi connectivity index (χ1) is 8.66. The molecule has 0 heterocycles. The number of rotatable bonds is 0. The van der Waals surface area contributed by atoms with E-state index in [0.29, 0.717) is 0 Å². The summed E-state index contributed by atoms with van der Waals surface area (Å²) < 4.78 is 0. The fourth-order valence-electron chi connectivity index (χ4n) is 0. The third-order valence-corrected chi connectivity index (χ3v) is 0. The second-order valence-electron chi connectivity index (χ2n) is 1.31. The molecule has 20 heteroatoms. The average Bonchev–Trinajstić information content (AvgIpc) is 1.94. The minimum Gasteiger partial charge on any atom is -0.652 e. The fraction of sp³-hybridized carbons (Fsp3) is 0.